The summed E-state index contributed by atoms with van der Waals surface area (Å²) >= 11 is 5.86. The van der Waals surface area contributed by atoms with Gasteiger partial charge in [0.1, 0.15) is 11.3 Å². The minimum absolute atomic E-state index is 0.152. The first-order valence-electron chi connectivity index (χ1n) is 7.21. The number of ether oxygens (including phenoxy) is 1. The highest BCUT2D eigenvalue weighted by molar-refractivity contribution is 6.16. The number of alkyl halides is 1. The van der Waals surface area contributed by atoms with Gasteiger partial charge in [-0.05, 0) is 25.0 Å². The molecule has 0 aliphatic heterocycles. The smallest absolute Gasteiger partial charge is 0.184 e. The average molecular weight is 315 g/mol. The lowest BCUT2D eigenvalue weighted by Gasteiger charge is -2.13. The Labute approximate surface area is 126 Å². The van der Waals surface area contributed by atoms with E-state index in [9.17, 15) is 8.78 Å². The number of nitrogens with zero attached hydrogens (tertiary/aromatic N) is 2. The third-order valence-electron chi connectivity index (χ3n) is 3.97. The summed E-state index contributed by atoms with van der Waals surface area (Å²) in [5.41, 5.74) is 0.589. The summed E-state index contributed by atoms with van der Waals surface area (Å²) < 4.78 is 34.9. The van der Waals surface area contributed by atoms with Crippen LogP contribution < -0.4 is 0 Å². The van der Waals surface area contributed by atoms with E-state index < -0.39 is 11.6 Å². The molecule has 1 fully saturated rings. The highest BCUT2D eigenvalue weighted by Crippen LogP contribution is 2.24. The lowest BCUT2D eigenvalue weighted by molar-refractivity contribution is 0.0531. The SMILES string of the molecule is Fc1ccc2nc(CCl)n(CCOC3CCCC3)c2c1F. The number of hydrogen-bond acceptors (Lipinski definition) is 2. The summed E-state index contributed by atoms with van der Waals surface area (Å²) in [6, 6.07) is 2.56. The summed E-state index contributed by atoms with van der Waals surface area (Å²) in [6.45, 7) is 0.880. The van der Waals surface area contributed by atoms with Gasteiger partial charge in [-0.3, -0.25) is 0 Å². The maximum Gasteiger partial charge on any atom is 0.184 e. The molecule has 1 aromatic heterocycles. The van der Waals surface area contributed by atoms with Gasteiger partial charge in [0.15, 0.2) is 11.6 Å². The number of fused-ring (bicyclic) bond motifs is 1. The molecule has 0 amide bonds. The molecule has 3 nitrogen and oxygen atoms in total. The number of aromatic nitrogens is 2. The van der Waals surface area contributed by atoms with Crippen LogP contribution in [0.5, 0.6) is 0 Å². The van der Waals surface area contributed by atoms with Crippen molar-refractivity contribution in [3.8, 4) is 0 Å². The molecule has 21 heavy (non-hydrogen) atoms. The molecule has 3 rings (SSSR count). The molecule has 0 saturated heterocycles. The summed E-state index contributed by atoms with van der Waals surface area (Å²) in [6.07, 6.45) is 4.85. The number of hydrogen-bond donors (Lipinski definition) is 0. The van der Waals surface area contributed by atoms with Crippen LogP contribution in [0.1, 0.15) is 31.5 Å². The lowest BCUT2D eigenvalue weighted by Crippen LogP contribution is -2.14. The predicted molar refractivity (Wildman–Crippen MR) is 77.4 cm³/mol. The molecule has 0 spiro atoms. The topological polar surface area (TPSA) is 27.1 Å². The highest BCUT2D eigenvalue weighted by Gasteiger charge is 2.18. The van der Waals surface area contributed by atoms with Gasteiger partial charge >= 0.3 is 0 Å². The van der Waals surface area contributed by atoms with Gasteiger partial charge in [-0.25, -0.2) is 13.8 Å². The molecule has 6 heteroatoms. The Morgan fingerprint density at radius 3 is 2.76 bits per heavy atom. The quantitative estimate of drug-likeness (QED) is 0.780. The van der Waals surface area contributed by atoms with Crippen LogP contribution in [-0.2, 0) is 17.2 Å². The van der Waals surface area contributed by atoms with Crippen LogP contribution in [0.3, 0.4) is 0 Å². The normalized spacial score (nSPS) is 16.1. The van der Waals surface area contributed by atoms with Gasteiger partial charge in [-0.1, -0.05) is 12.8 Å². The Bertz CT molecular complexity index is 638. The van der Waals surface area contributed by atoms with Gasteiger partial charge in [0.05, 0.1) is 24.1 Å². The third-order valence-corrected chi connectivity index (χ3v) is 4.21. The Balaban J connectivity index is 1.83. The maximum absolute atomic E-state index is 14.0. The first kappa shape index (κ1) is 14.7. The molecular weight excluding hydrogens is 298 g/mol. The molecule has 0 unspecified atom stereocenters. The van der Waals surface area contributed by atoms with Gasteiger partial charge in [0.25, 0.3) is 0 Å². The predicted octanol–water partition coefficient (Wildman–Crippen LogP) is 4.01. The molecule has 1 aliphatic carbocycles. The van der Waals surface area contributed by atoms with Gasteiger partial charge in [0, 0.05) is 6.54 Å². The highest BCUT2D eigenvalue weighted by atomic mass is 35.5. The number of imidazole rings is 1. The van der Waals surface area contributed by atoms with Crippen molar-refractivity contribution >= 4 is 22.6 Å². The maximum atomic E-state index is 14.0. The average Bonchev–Trinajstić information content (AvgIpc) is 3.11. The molecule has 1 heterocycles. The molecule has 0 bridgehead atoms. The zero-order valence-electron chi connectivity index (χ0n) is 11.6. The molecule has 0 radical (unpaired) electrons. The van der Waals surface area contributed by atoms with Crippen molar-refractivity contribution in [2.45, 2.75) is 44.2 Å². The van der Waals surface area contributed by atoms with Crippen molar-refractivity contribution in [2.75, 3.05) is 6.61 Å². The summed E-state index contributed by atoms with van der Waals surface area (Å²) in [5, 5.41) is 0. The Morgan fingerprint density at radius 2 is 2.05 bits per heavy atom. The first-order valence-corrected chi connectivity index (χ1v) is 7.75. The fourth-order valence-corrected chi connectivity index (χ4v) is 3.12. The zero-order chi connectivity index (χ0) is 14.8. The molecule has 2 aromatic rings. The second kappa shape index (κ2) is 6.28. The van der Waals surface area contributed by atoms with Crippen molar-refractivity contribution in [3.05, 3.63) is 29.6 Å². The fraction of sp³-hybridized carbons (Fsp3) is 0.533. The zero-order valence-corrected chi connectivity index (χ0v) is 12.4. The number of benzene rings is 1. The van der Waals surface area contributed by atoms with Crippen LogP contribution in [0.25, 0.3) is 11.0 Å². The van der Waals surface area contributed by atoms with Crippen molar-refractivity contribution < 1.29 is 13.5 Å². The van der Waals surface area contributed by atoms with Gasteiger partial charge < -0.3 is 9.30 Å². The first-order chi connectivity index (χ1) is 10.2. The second-order valence-corrected chi connectivity index (χ2v) is 5.59. The van der Waals surface area contributed by atoms with E-state index in [1.165, 1.54) is 18.9 Å². The van der Waals surface area contributed by atoms with Crippen LogP contribution in [0, 0.1) is 11.6 Å². The largest absolute Gasteiger partial charge is 0.376 e. The van der Waals surface area contributed by atoms with Gasteiger partial charge in [0.2, 0.25) is 0 Å². The minimum atomic E-state index is -0.878. The van der Waals surface area contributed by atoms with E-state index >= 15 is 0 Å². The molecule has 1 saturated carbocycles. The van der Waals surface area contributed by atoms with Crippen LogP contribution in [0.4, 0.5) is 8.78 Å². The minimum Gasteiger partial charge on any atom is -0.376 e. The number of rotatable bonds is 5. The van der Waals surface area contributed by atoms with Gasteiger partial charge in [-0.2, -0.15) is 0 Å². The lowest BCUT2D eigenvalue weighted by atomic mass is 10.3. The summed E-state index contributed by atoms with van der Waals surface area (Å²) in [5.74, 6) is -1.07. The van der Waals surface area contributed by atoms with Crippen LogP contribution in [0.2, 0.25) is 0 Å². The van der Waals surface area contributed by atoms with Crippen LogP contribution in [-0.4, -0.2) is 22.3 Å². The number of halogens is 3. The van der Waals surface area contributed by atoms with E-state index in [2.05, 4.69) is 4.98 Å². The van der Waals surface area contributed by atoms with E-state index in [1.807, 2.05) is 0 Å². The molecular formula is C15H17ClF2N2O. The van der Waals surface area contributed by atoms with E-state index in [1.54, 1.807) is 4.57 Å². The molecule has 1 aromatic carbocycles. The second-order valence-electron chi connectivity index (χ2n) is 5.32. The van der Waals surface area contributed by atoms with E-state index in [0.29, 0.717) is 30.6 Å². The fourth-order valence-electron chi connectivity index (χ4n) is 2.91. The van der Waals surface area contributed by atoms with E-state index in [4.69, 9.17) is 16.3 Å². The third kappa shape index (κ3) is 2.90. The van der Waals surface area contributed by atoms with Crippen LogP contribution >= 0.6 is 11.6 Å². The van der Waals surface area contributed by atoms with Crippen molar-refractivity contribution in [3.63, 3.8) is 0 Å². The van der Waals surface area contributed by atoms with E-state index in [-0.39, 0.29) is 11.4 Å². The summed E-state index contributed by atoms with van der Waals surface area (Å²) in [4.78, 5) is 4.25. The Kier molecular flexibility index (Phi) is 4.40. The molecule has 0 atom stereocenters. The Hall–Kier alpha value is -1.20. The summed E-state index contributed by atoms with van der Waals surface area (Å²) in [7, 11) is 0. The van der Waals surface area contributed by atoms with E-state index in [0.717, 1.165) is 18.9 Å². The van der Waals surface area contributed by atoms with Crippen molar-refractivity contribution in [1.29, 1.82) is 0 Å². The van der Waals surface area contributed by atoms with Crippen LogP contribution in [0.15, 0.2) is 12.1 Å². The monoisotopic (exact) mass is 314 g/mol. The molecule has 0 N–H and O–H groups in total. The van der Waals surface area contributed by atoms with Crippen molar-refractivity contribution in [2.24, 2.45) is 0 Å². The Morgan fingerprint density at radius 1 is 1.29 bits per heavy atom. The standard InChI is InChI=1S/C15H17ClF2N2O/c16-9-13-19-12-6-5-11(17)14(18)15(12)20(13)7-8-21-10-3-1-2-4-10/h5-6,10H,1-4,7-9H2. The van der Waals surface area contributed by atoms with Gasteiger partial charge in [-0.15, -0.1) is 11.6 Å². The molecule has 1 aliphatic rings. The van der Waals surface area contributed by atoms with Crippen molar-refractivity contribution in [1.82, 2.24) is 9.55 Å². The molecule has 114 valence electrons.